The molecule has 2 rings (SSSR count). The molecule has 0 spiro atoms. The van der Waals surface area contributed by atoms with Crippen LogP contribution in [0.25, 0.3) is 0 Å². The normalized spacial score (nSPS) is 10.5. The van der Waals surface area contributed by atoms with Gasteiger partial charge in [-0.3, -0.25) is 4.79 Å². The average molecular weight is 256 g/mol. The van der Waals surface area contributed by atoms with Crippen molar-refractivity contribution >= 4 is 5.78 Å². The average Bonchev–Trinajstić information content (AvgIpc) is 2.38. The molecule has 0 heterocycles. The van der Waals surface area contributed by atoms with Crippen LogP contribution in [0.4, 0.5) is 4.39 Å². The fourth-order valence-corrected chi connectivity index (χ4v) is 2.19. The van der Waals surface area contributed by atoms with Crippen LogP contribution in [0.5, 0.6) is 0 Å². The predicted molar refractivity (Wildman–Crippen MR) is 75.1 cm³/mol. The zero-order valence-electron chi connectivity index (χ0n) is 11.5. The second-order valence-corrected chi connectivity index (χ2v) is 4.95. The highest BCUT2D eigenvalue weighted by Crippen LogP contribution is 2.17. The lowest BCUT2D eigenvalue weighted by atomic mass is 9.97. The molecule has 0 amide bonds. The van der Waals surface area contributed by atoms with E-state index in [4.69, 9.17) is 0 Å². The molecule has 0 aromatic heterocycles. The molecule has 0 unspecified atom stereocenters. The summed E-state index contributed by atoms with van der Waals surface area (Å²) < 4.78 is 13.6. The number of hydrogen-bond acceptors (Lipinski definition) is 1. The zero-order valence-corrected chi connectivity index (χ0v) is 11.5. The Morgan fingerprint density at radius 3 is 2.16 bits per heavy atom. The van der Waals surface area contributed by atoms with Gasteiger partial charge in [-0.05, 0) is 55.2 Å². The van der Waals surface area contributed by atoms with Crippen LogP contribution in [0.1, 0.15) is 32.6 Å². The fraction of sp³-hybridized carbons (Fsp3) is 0.235. The Kier molecular flexibility index (Phi) is 3.79. The number of ketones is 1. The van der Waals surface area contributed by atoms with Crippen molar-refractivity contribution in [3.63, 3.8) is 0 Å². The molecule has 19 heavy (non-hydrogen) atoms. The molecular formula is C17H17FO. The molecule has 0 saturated carbocycles. The largest absolute Gasteiger partial charge is 0.294 e. The lowest BCUT2D eigenvalue weighted by Crippen LogP contribution is -2.06. The van der Waals surface area contributed by atoms with Crippen molar-refractivity contribution in [2.24, 2.45) is 0 Å². The van der Waals surface area contributed by atoms with E-state index >= 15 is 0 Å². The third-order valence-corrected chi connectivity index (χ3v) is 3.37. The van der Waals surface area contributed by atoms with Crippen LogP contribution in [-0.4, -0.2) is 5.78 Å². The summed E-state index contributed by atoms with van der Waals surface area (Å²) in [5.74, 6) is -0.201. The van der Waals surface area contributed by atoms with E-state index in [0.717, 1.165) is 11.1 Å². The van der Waals surface area contributed by atoms with Gasteiger partial charge in [-0.15, -0.1) is 0 Å². The van der Waals surface area contributed by atoms with Gasteiger partial charge in [0.25, 0.3) is 0 Å². The summed E-state index contributed by atoms with van der Waals surface area (Å²) in [6.45, 7) is 5.36. The molecule has 0 aliphatic rings. The number of carbonyl (C=O) groups excluding carboxylic acids is 1. The van der Waals surface area contributed by atoms with Gasteiger partial charge in [0.2, 0.25) is 0 Å². The van der Waals surface area contributed by atoms with E-state index in [1.807, 2.05) is 31.2 Å². The molecule has 2 heteroatoms. The Morgan fingerprint density at radius 2 is 1.58 bits per heavy atom. The van der Waals surface area contributed by atoms with E-state index in [1.54, 1.807) is 26.0 Å². The molecule has 0 bridgehead atoms. The van der Waals surface area contributed by atoms with Crippen molar-refractivity contribution in [2.45, 2.75) is 27.2 Å². The molecule has 2 aromatic rings. The van der Waals surface area contributed by atoms with Crippen LogP contribution < -0.4 is 0 Å². The zero-order chi connectivity index (χ0) is 14.0. The van der Waals surface area contributed by atoms with Crippen molar-refractivity contribution in [1.29, 1.82) is 0 Å². The van der Waals surface area contributed by atoms with E-state index in [2.05, 4.69) is 0 Å². The number of Topliss-reactive ketones (excluding diaryl/α,β-unsaturated/α-hetero) is 1. The van der Waals surface area contributed by atoms with Crippen molar-refractivity contribution in [3.05, 3.63) is 70.0 Å². The first-order valence-corrected chi connectivity index (χ1v) is 6.33. The van der Waals surface area contributed by atoms with E-state index < -0.39 is 0 Å². The highest BCUT2D eigenvalue weighted by Gasteiger charge is 2.12. The van der Waals surface area contributed by atoms with Gasteiger partial charge in [-0.1, -0.05) is 24.3 Å². The highest BCUT2D eigenvalue weighted by molar-refractivity contribution is 5.98. The molecule has 1 nitrogen and oxygen atoms in total. The SMILES string of the molecule is Cc1ccccc1CC(=O)c1cc(C)c(F)c(C)c1. The minimum atomic E-state index is -0.229. The van der Waals surface area contributed by atoms with Crippen molar-refractivity contribution in [1.82, 2.24) is 0 Å². The summed E-state index contributed by atoms with van der Waals surface area (Å²) in [6, 6.07) is 11.1. The van der Waals surface area contributed by atoms with Gasteiger partial charge >= 0.3 is 0 Å². The van der Waals surface area contributed by atoms with Crippen LogP contribution in [0.2, 0.25) is 0 Å². The standard InChI is InChI=1S/C17H17FO/c1-11-6-4-5-7-14(11)10-16(19)15-8-12(2)17(18)13(3)9-15/h4-9H,10H2,1-3H3. The van der Waals surface area contributed by atoms with E-state index in [1.165, 1.54) is 0 Å². The monoisotopic (exact) mass is 256 g/mol. The lowest BCUT2D eigenvalue weighted by molar-refractivity contribution is 0.0992. The number of aryl methyl sites for hydroxylation is 3. The van der Waals surface area contributed by atoms with Gasteiger partial charge < -0.3 is 0 Å². The minimum absolute atomic E-state index is 0.0282. The predicted octanol–water partition coefficient (Wildman–Crippen LogP) is 4.18. The van der Waals surface area contributed by atoms with E-state index in [0.29, 0.717) is 23.1 Å². The first-order valence-electron chi connectivity index (χ1n) is 6.33. The molecule has 0 radical (unpaired) electrons. The molecule has 0 saturated heterocycles. The van der Waals surface area contributed by atoms with Crippen molar-refractivity contribution in [2.75, 3.05) is 0 Å². The van der Waals surface area contributed by atoms with Crippen LogP contribution >= 0.6 is 0 Å². The van der Waals surface area contributed by atoms with Gasteiger partial charge in [0, 0.05) is 12.0 Å². The molecule has 0 fully saturated rings. The van der Waals surface area contributed by atoms with E-state index in [-0.39, 0.29) is 11.6 Å². The summed E-state index contributed by atoms with van der Waals surface area (Å²) in [4.78, 5) is 12.3. The minimum Gasteiger partial charge on any atom is -0.294 e. The maximum Gasteiger partial charge on any atom is 0.167 e. The summed E-state index contributed by atoms with van der Waals surface area (Å²) in [5, 5.41) is 0. The second-order valence-electron chi connectivity index (χ2n) is 4.95. The quantitative estimate of drug-likeness (QED) is 0.753. The highest BCUT2D eigenvalue weighted by atomic mass is 19.1. The molecule has 0 aliphatic heterocycles. The molecule has 0 N–H and O–H groups in total. The van der Waals surface area contributed by atoms with Gasteiger partial charge in [0.05, 0.1) is 0 Å². The third-order valence-electron chi connectivity index (χ3n) is 3.37. The second kappa shape index (κ2) is 5.35. The summed E-state index contributed by atoms with van der Waals surface area (Å²) in [6.07, 6.45) is 0.358. The molecule has 98 valence electrons. The Balaban J connectivity index is 2.28. The van der Waals surface area contributed by atoms with Gasteiger partial charge in [0.1, 0.15) is 5.82 Å². The van der Waals surface area contributed by atoms with E-state index in [9.17, 15) is 9.18 Å². The van der Waals surface area contributed by atoms with Gasteiger partial charge in [-0.2, -0.15) is 0 Å². The van der Waals surface area contributed by atoms with Crippen LogP contribution in [0, 0.1) is 26.6 Å². The summed E-state index contributed by atoms with van der Waals surface area (Å²) in [7, 11) is 0. The molecule has 2 aromatic carbocycles. The number of carbonyl (C=O) groups is 1. The van der Waals surface area contributed by atoms with Gasteiger partial charge in [-0.25, -0.2) is 4.39 Å². The Labute approximate surface area is 113 Å². The van der Waals surface area contributed by atoms with Crippen LogP contribution in [0.3, 0.4) is 0 Å². The molecular weight excluding hydrogens is 239 g/mol. The first-order chi connectivity index (χ1) is 8.99. The Morgan fingerprint density at radius 1 is 1.00 bits per heavy atom. The maximum atomic E-state index is 13.6. The fourth-order valence-electron chi connectivity index (χ4n) is 2.19. The molecule has 0 aliphatic carbocycles. The third kappa shape index (κ3) is 2.90. The maximum absolute atomic E-state index is 13.6. The smallest absolute Gasteiger partial charge is 0.167 e. The number of rotatable bonds is 3. The molecule has 0 atom stereocenters. The number of hydrogen-bond donors (Lipinski definition) is 0. The first kappa shape index (κ1) is 13.5. The van der Waals surface area contributed by atoms with Crippen molar-refractivity contribution in [3.8, 4) is 0 Å². The Hall–Kier alpha value is -1.96. The summed E-state index contributed by atoms with van der Waals surface area (Å²) >= 11 is 0. The topological polar surface area (TPSA) is 17.1 Å². The Bertz CT molecular complexity index is 606. The lowest BCUT2D eigenvalue weighted by Gasteiger charge is -2.08. The number of benzene rings is 2. The van der Waals surface area contributed by atoms with Crippen molar-refractivity contribution < 1.29 is 9.18 Å². The van der Waals surface area contributed by atoms with Crippen LogP contribution in [-0.2, 0) is 6.42 Å². The van der Waals surface area contributed by atoms with Crippen LogP contribution in [0.15, 0.2) is 36.4 Å². The summed E-state index contributed by atoms with van der Waals surface area (Å²) in [5.41, 5.74) is 3.75. The number of halogens is 1. The van der Waals surface area contributed by atoms with Gasteiger partial charge in [0.15, 0.2) is 5.78 Å².